The fraction of sp³-hybridized carbons (Fsp3) is 0.812. The number of amides is 1. The van der Waals surface area contributed by atoms with Crippen LogP contribution in [0.25, 0.3) is 0 Å². The lowest BCUT2D eigenvalue weighted by atomic mass is 9.92. The van der Waals surface area contributed by atoms with E-state index in [1.54, 1.807) is 0 Å². The van der Waals surface area contributed by atoms with Crippen molar-refractivity contribution in [1.29, 1.82) is 0 Å². The molecule has 0 spiro atoms. The summed E-state index contributed by atoms with van der Waals surface area (Å²) < 4.78 is 0. The van der Waals surface area contributed by atoms with Crippen LogP contribution in [-0.2, 0) is 4.79 Å². The molecule has 1 saturated heterocycles. The molecule has 2 atom stereocenters. The van der Waals surface area contributed by atoms with Crippen molar-refractivity contribution in [3.63, 3.8) is 0 Å². The number of halogens is 1. The fourth-order valence-corrected chi connectivity index (χ4v) is 3.37. The summed E-state index contributed by atoms with van der Waals surface area (Å²) in [5.74, 6) is 2.78. The van der Waals surface area contributed by atoms with Gasteiger partial charge in [-0.15, -0.1) is 12.4 Å². The van der Waals surface area contributed by atoms with Crippen molar-refractivity contribution in [3.8, 4) is 0 Å². The molecule has 6 nitrogen and oxygen atoms in total. The SMILES string of the molecule is CCCC(C)(N)C(=O)N1CCCC(c2n[nH]c(C3CC3)n2)C1.Cl. The Hall–Kier alpha value is -1.14. The number of aromatic amines is 1. The first-order valence-electron chi connectivity index (χ1n) is 8.51. The molecule has 0 aromatic carbocycles. The molecule has 1 amide bonds. The van der Waals surface area contributed by atoms with Crippen LogP contribution in [0.3, 0.4) is 0 Å². The Bertz CT molecular complexity index is 540. The van der Waals surface area contributed by atoms with Gasteiger partial charge in [-0.05, 0) is 39.0 Å². The zero-order chi connectivity index (χ0) is 15.7. The van der Waals surface area contributed by atoms with Gasteiger partial charge in [-0.2, -0.15) is 5.10 Å². The number of nitrogens with zero attached hydrogens (tertiary/aromatic N) is 3. The minimum absolute atomic E-state index is 0. The van der Waals surface area contributed by atoms with Crippen LogP contribution in [0.15, 0.2) is 0 Å². The van der Waals surface area contributed by atoms with Gasteiger partial charge in [0.25, 0.3) is 0 Å². The third-order valence-electron chi connectivity index (χ3n) is 4.82. The molecule has 23 heavy (non-hydrogen) atoms. The van der Waals surface area contributed by atoms with Crippen molar-refractivity contribution in [2.45, 2.75) is 69.7 Å². The average Bonchev–Trinajstić information content (AvgIpc) is 3.24. The maximum atomic E-state index is 12.7. The van der Waals surface area contributed by atoms with Crippen molar-refractivity contribution in [2.75, 3.05) is 13.1 Å². The second kappa shape index (κ2) is 7.18. The zero-order valence-corrected chi connectivity index (χ0v) is 14.9. The molecule has 1 aliphatic heterocycles. The number of nitrogens with one attached hydrogen (secondary N) is 1. The van der Waals surface area contributed by atoms with Gasteiger partial charge >= 0.3 is 0 Å². The Kier molecular flexibility index (Phi) is 5.68. The van der Waals surface area contributed by atoms with Crippen LogP contribution >= 0.6 is 12.4 Å². The van der Waals surface area contributed by atoms with E-state index in [2.05, 4.69) is 22.1 Å². The van der Waals surface area contributed by atoms with E-state index in [-0.39, 0.29) is 24.2 Å². The molecule has 2 aliphatic rings. The monoisotopic (exact) mass is 341 g/mol. The number of piperidine rings is 1. The summed E-state index contributed by atoms with van der Waals surface area (Å²) in [7, 11) is 0. The molecule has 1 saturated carbocycles. The van der Waals surface area contributed by atoms with Gasteiger partial charge in [-0.3, -0.25) is 9.89 Å². The lowest BCUT2D eigenvalue weighted by molar-refractivity contribution is -0.138. The minimum Gasteiger partial charge on any atom is -0.340 e. The van der Waals surface area contributed by atoms with Gasteiger partial charge in [0.1, 0.15) is 5.82 Å². The number of nitrogens with two attached hydrogens (primary N) is 1. The van der Waals surface area contributed by atoms with Crippen molar-refractivity contribution < 1.29 is 4.79 Å². The third-order valence-corrected chi connectivity index (χ3v) is 4.82. The predicted molar refractivity (Wildman–Crippen MR) is 91.7 cm³/mol. The molecule has 1 aromatic heterocycles. The summed E-state index contributed by atoms with van der Waals surface area (Å²) in [6.07, 6.45) is 6.10. The van der Waals surface area contributed by atoms with Crippen LogP contribution in [-0.4, -0.2) is 44.6 Å². The Morgan fingerprint density at radius 1 is 1.39 bits per heavy atom. The largest absolute Gasteiger partial charge is 0.340 e. The van der Waals surface area contributed by atoms with E-state index in [0.717, 1.165) is 43.9 Å². The van der Waals surface area contributed by atoms with E-state index in [1.807, 2.05) is 11.8 Å². The van der Waals surface area contributed by atoms with Crippen LogP contribution in [0, 0.1) is 0 Å². The highest BCUT2D eigenvalue weighted by molar-refractivity contribution is 5.86. The van der Waals surface area contributed by atoms with Crippen molar-refractivity contribution >= 4 is 18.3 Å². The number of rotatable bonds is 5. The van der Waals surface area contributed by atoms with Gasteiger partial charge in [-0.25, -0.2) is 4.98 Å². The highest BCUT2D eigenvalue weighted by Crippen LogP contribution is 2.38. The summed E-state index contributed by atoms with van der Waals surface area (Å²) in [5.41, 5.74) is 5.45. The van der Waals surface area contributed by atoms with Crippen molar-refractivity contribution in [2.24, 2.45) is 5.73 Å². The molecule has 3 rings (SSSR count). The summed E-state index contributed by atoms with van der Waals surface area (Å²) in [4.78, 5) is 19.2. The number of hydrogen-bond donors (Lipinski definition) is 2. The summed E-state index contributed by atoms with van der Waals surface area (Å²) in [6.45, 7) is 5.40. The third kappa shape index (κ3) is 4.04. The number of carbonyl (C=O) groups excluding carboxylic acids is 1. The van der Waals surface area contributed by atoms with Gasteiger partial charge in [0.15, 0.2) is 5.82 Å². The van der Waals surface area contributed by atoms with E-state index in [4.69, 9.17) is 5.73 Å². The molecule has 2 fully saturated rings. The Balaban J connectivity index is 0.00000192. The van der Waals surface area contributed by atoms with Crippen LogP contribution in [0.4, 0.5) is 0 Å². The Morgan fingerprint density at radius 2 is 2.13 bits per heavy atom. The van der Waals surface area contributed by atoms with Gasteiger partial charge in [0, 0.05) is 24.9 Å². The van der Waals surface area contributed by atoms with Gasteiger partial charge in [-0.1, -0.05) is 13.3 Å². The van der Waals surface area contributed by atoms with Gasteiger partial charge < -0.3 is 10.6 Å². The first kappa shape index (κ1) is 18.2. The second-order valence-electron chi connectivity index (χ2n) is 7.11. The highest BCUT2D eigenvalue weighted by Gasteiger charge is 2.36. The number of carbonyl (C=O) groups is 1. The molecule has 1 aromatic rings. The Labute approximate surface area is 144 Å². The van der Waals surface area contributed by atoms with Crippen LogP contribution in [0.1, 0.15) is 75.9 Å². The lowest BCUT2D eigenvalue weighted by Gasteiger charge is -2.36. The van der Waals surface area contributed by atoms with Crippen LogP contribution in [0.5, 0.6) is 0 Å². The van der Waals surface area contributed by atoms with Crippen LogP contribution < -0.4 is 5.73 Å². The number of aromatic nitrogens is 3. The highest BCUT2D eigenvalue weighted by atomic mass is 35.5. The van der Waals surface area contributed by atoms with E-state index in [9.17, 15) is 4.79 Å². The molecule has 2 heterocycles. The lowest BCUT2D eigenvalue weighted by Crippen LogP contribution is -2.55. The smallest absolute Gasteiger partial charge is 0.242 e. The van der Waals surface area contributed by atoms with Crippen molar-refractivity contribution in [1.82, 2.24) is 20.1 Å². The van der Waals surface area contributed by atoms with Gasteiger partial charge in [0.2, 0.25) is 5.91 Å². The zero-order valence-electron chi connectivity index (χ0n) is 14.0. The molecule has 1 aliphatic carbocycles. The van der Waals surface area contributed by atoms with Crippen LogP contribution in [0.2, 0.25) is 0 Å². The molecular formula is C16H28ClN5O. The summed E-state index contributed by atoms with van der Waals surface area (Å²) >= 11 is 0. The number of likely N-dealkylation sites (tertiary alicyclic amines) is 1. The maximum absolute atomic E-state index is 12.7. The quantitative estimate of drug-likeness (QED) is 0.860. The van der Waals surface area contributed by atoms with E-state index in [0.29, 0.717) is 12.5 Å². The standard InChI is InChI=1S/C16H27N5O.ClH/c1-3-8-16(2,17)15(22)21-9-4-5-12(10-21)14-18-13(19-20-14)11-6-7-11;/h11-12H,3-10,17H2,1-2H3,(H,18,19,20);1H. The van der Waals surface area contributed by atoms with E-state index in [1.165, 1.54) is 12.8 Å². The van der Waals surface area contributed by atoms with Crippen molar-refractivity contribution in [3.05, 3.63) is 11.6 Å². The second-order valence-corrected chi connectivity index (χ2v) is 7.11. The first-order chi connectivity index (χ1) is 10.5. The molecule has 3 N–H and O–H groups in total. The van der Waals surface area contributed by atoms with Gasteiger partial charge in [0.05, 0.1) is 5.54 Å². The number of H-pyrrole nitrogens is 1. The summed E-state index contributed by atoms with van der Waals surface area (Å²) in [6, 6.07) is 0. The molecule has 0 bridgehead atoms. The molecule has 130 valence electrons. The molecular weight excluding hydrogens is 314 g/mol. The fourth-order valence-electron chi connectivity index (χ4n) is 3.37. The molecule has 0 radical (unpaired) electrons. The number of hydrogen-bond acceptors (Lipinski definition) is 4. The van der Waals surface area contributed by atoms with E-state index < -0.39 is 5.54 Å². The molecule has 2 unspecified atom stereocenters. The van der Waals surface area contributed by atoms with E-state index >= 15 is 0 Å². The predicted octanol–water partition coefficient (Wildman–Crippen LogP) is 2.33. The molecule has 7 heteroatoms. The first-order valence-corrected chi connectivity index (χ1v) is 8.51. The minimum atomic E-state index is -0.755. The topological polar surface area (TPSA) is 87.9 Å². The summed E-state index contributed by atoms with van der Waals surface area (Å²) in [5, 5.41) is 7.46. The normalized spacial score (nSPS) is 24.0. The maximum Gasteiger partial charge on any atom is 0.242 e. The Morgan fingerprint density at radius 3 is 2.78 bits per heavy atom. The average molecular weight is 342 g/mol.